The Morgan fingerprint density at radius 2 is 1.82 bits per heavy atom. The van der Waals surface area contributed by atoms with Crippen LogP contribution in [0.25, 0.3) is 0 Å². The molecule has 0 aromatic heterocycles. The van der Waals surface area contributed by atoms with Crippen molar-refractivity contribution < 1.29 is 18.3 Å². The van der Waals surface area contributed by atoms with E-state index >= 15 is 0 Å². The number of nitrogens with one attached hydrogen (secondary N) is 2. The molecule has 0 amide bonds. The summed E-state index contributed by atoms with van der Waals surface area (Å²) < 4.78 is 37.8. The van der Waals surface area contributed by atoms with Crippen molar-refractivity contribution >= 4 is 23.0 Å². The predicted molar refractivity (Wildman–Crippen MR) is 82.6 cm³/mol. The van der Waals surface area contributed by atoms with E-state index in [0.717, 1.165) is 17.7 Å². The fraction of sp³-hybridized carbons (Fsp3) is 0.133. The zero-order valence-corrected chi connectivity index (χ0v) is 12.1. The Morgan fingerprint density at radius 1 is 1.09 bits per heavy atom. The number of hydrogen-bond acceptors (Lipinski definition) is 2. The van der Waals surface area contributed by atoms with Crippen molar-refractivity contribution in [2.45, 2.75) is 12.7 Å². The van der Waals surface area contributed by atoms with E-state index in [1.165, 1.54) is 12.1 Å². The van der Waals surface area contributed by atoms with Gasteiger partial charge in [0, 0.05) is 12.2 Å². The van der Waals surface area contributed by atoms with Gasteiger partial charge in [-0.3, -0.25) is 0 Å². The fourth-order valence-corrected chi connectivity index (χ4v) is 1.99. The van der Waals surface area contributed by atoms with Crippen molar-refractivity contribution in [2.24, 2.45) is 0 Å². The summed E-state index contributed by atoms with van der Waals surface area (Å²) in [5.74, 6) is 0.135. The molecule has 0 heterocycles. The molecule has 3 nitrogen and oxygen atoms in total. The highest BCUT2D eigenvalue weighted by atomic mass is 32.1. The van der Waals surface area contributed by atoms with E-state index in [9.17, 15) is 18.3 Å². The smallest absolute Gasteiger partial charge is 0.416 e. The second-order valence-electron chi connectivity index (χ2n) is 4.56. The van der Waals surface area contributed by atoms with Gasteiger partial charge in [0.1, 0.15) is 5.75 Å². The zero-order valence-electron chi connectivity index (χ0n) is 11.3. The van der Waals surface area contributed by atoms with E-state index < -0.39 is 11.7 Å². The molecule has 22 heavy (non-hydrogen) atoms. The first-order valence-corrected chi connectivity index (χ1v) is 6.75. The molecular formula is C15H13F3N2OS. The van der Waals surface area contributed by atoms with Gasteiger partial charge >= 0.3 is 6.18 Å². The van der Waals surface area contributed by atoms with Crippen molar-refractivity contribution in [1.29, 1.82) is 0 Å². The second-order valence-corrected chi connectivity index (χ2v) is 4.96. The van der Waals surface area contributed by atoms with Gasteiger partial charge in [0.25, 0.3) is 0 Å². The topological polar surface area (TPSA) is 44.3 Å². The average molecular weight is 326 g/mol. The molecule has 116 valence electrons. The van der Waals surface area contributed by atoms with Crippen LogP contribution in [0.3, 0.4) is 0 Å². The summed E-state index contributed by atoms with van der Waals surface area (Å²) in [4.78, 5) is 0. The van der Waals surface area contributed by atoms with Crippen LogP contribution in [-0.2, 0) is 12.7 Å². The molecule has 7 heteroatoms. The molecule has 2 aromatic carbocycles. The van der Waals surface area contributed by atoms with Crippen LogP contribution in [0.5, 0.6) is 5.75 Å². The van der Waals surface area contributed by atoms with Crippen molar-refractivity contribution in [2.75, 3.05) is 5.32 Å². The second kappa shape index (κ2) is 6.65. The first kappa shape index (κ1) is 16.1. The summed E-state index contributed by atoms with van der Waals surface area (Å²) >= 11 is 5.04. The highest BCUT2D eigenvalue weighted by Gasteiger charge is 2.30. The molecule has 0 aliphatic carbocycles. The summed E-state index contributed by atoms with van der Waals surface area (Å²) in [6, 6.07) is 11.4. The summed E-state index contributed by atoms with van der Waals surface area (Å²) in [5, 5.41) is 15.1. The lowest BCUT2D eigenvalue weighted by molar-refractivity contribution is -0.137. The van der Waals surface area contributed by atoms with Crippen molar-refractivity contribution in [3.8, 4) is 5.75 Å². The number of anilines is 1. The van der Waals surface area contributed by atoms with Crippen LogP contribution in [0.2, 0.25) is 0 Å². The number of aromatic hydroxyl groups is 1. The molecule has 0 bridgehead atoms. The summed E-state index contributed by atoms with van der Waals surface area (Å²) in [7, 11) is 0. The molecule has 3 N–H and O–H groups in total. The normalized spacial score (nSPS) is 11.0. The van der Waals surface area contributed by atoms with Crippen LogP contribution in [-0.4, -0.2) is 10.2 Å². The minimum absolute atomic E-state index is 0.135. The molecule has 2 aromatic rings. The van der Waals surface area contributed by atoms with Crippen LogP contribution in [0.1, 0.15) is 11.1 Å². The highest BCUT2D eigenvalue weighted by Crippen LogP contribution is 2.30. The van der Waals surface area contributed by atoms with E-state index in [1.54, 1.807) is 24.3 Å². The lowest BCUT2D eigenvalue weighted by atomic mass is 10.2. The quantitative estimate of drug-likeness (QED) is 0.749. The van der Waals surface area contributed by atoms with Crippen molar-refractivity contribution in [3.05, 3.63) is 59.7 Å². The number of hydrogen-bond donors (Lipinski definition) is 3. The van der Waals surface area contributed by atoms with E-state index in [2.05, 4.69) is 10.6 Å². The van der Waals surface area contributed by atoms with Crippen LogP contribution >= 0.6 is 12.2 Å². The van der Waals surface area contributed by atoms with Crippen LogP contribution < -0.4 is 10.6 Å². The van der Waals surface area contributed by atoms with Gasteiger partial charge in [0.05, 0.1) is 5.56 Å². The molecule has 0 aliphatic rings. The van der Waals surface area contributed by atoms with Gasteiger partial charge in [-0.25, -0.2) is 0 Å². The first-order valence-electron chi connectivity index (χ1n) is 6.34. The standard InChI is InChI=1S/C15H13F3N2OS/c16-15(17,18)11-4-2-5-12(8-11)20-14(22)19-9-10-3-1-6-13(21)7-10/h1-8,21H,9H2,(H2,19,20,22). The van der Waals surface area contributed by atoms with E-state index in [4.69, 9.17) is 12.2 Å². The van der Waals surface area contributed by atoms with E-state index in [0.29, 0.717) is 6.54 Å². The molecular weight excluding hydrogens is 313 g/mol. The summed E-state index contributed by atoms with van der Waals surface area (Å²) in [6.07, 6.45) is -4.39. The third kappa shape index (κ3) is 4.63. The Kier molecular flexibility index (Phi) is 4.87. The number of halogens is 3. The summed E-state index contributed by atoms with van der Waals surface area (Å²) in [5.41, 5.74) is 0.310. The molecule has 0 spiro atoms. The Labute approximate surface area is 130 Å². The van der Waals surface area contributed by atoms with E-state index in [1.807, 2.05) is 0 Å². The Balaban J connectivity index is 1.95. The Bertz CT molecular complexity index is 674. The minimum Gasteiger partial charge on any atom is -0.508 e. The number of benzene rings is 2. The molecule has 2 rings (SSSR count). The Morgan fingerprint density at radius 3 is 2.50 bits per heavy atom. The SMILES string of the molecule is Oc1cccc(CNC(=S)Nc2cccc(C(F)(F)F)c2)c1. The minimum atomic E-state index is -4.39. The lowest BCUT2D eigenvalue weighted by Gasteiger charge is -2.13. The van der Waals surface area contributed by atoms with Gasteiger partial charge in [-0.05, 0) is 48.1 Å². The number of alkyl halides is 3. The third-order valence-electron chi connectivity index (χ3n) is 2.81. The van der Waals surface area contributed by atoms with Gasteiger partial charge in [-0.2, -0.15) is 13.2 Å². The van der Waals surface area contributed by atoms with Gasteiger partial charge in [0.2, 0.25) is 0 Å². The molecule has 0 saturated heterocycles. The van der Waals surface area contributed by atoms with Gasteiger partial charge < -0.3 is 15.7 Å². The predicted octanol–water partition coefficient (Wildman–Crippen LogP) is 3.90. The molecule has 0 fully saturated rings. The van der Waals surface area contributed by atoms with Gasteiger partial charge in [-0.1, -0.05) is 18.2 Å². The molecule has 0 radical (unpaired) electrons. The number of phenols is 1. The van der Waals surface area contributed by atoms with Gasteiger partial charge in [0.15, 0.2) is 5.11 Å². The third-order valence-corrected chi connectivity index (χ3v) is 3.06. The Hall–Kier alpha value is -2.28. The maximum atomic E-state index is 12.6. The fourth-order valence-electron chi connectivity index (χ4n) is 1.80. The highest BCUT2D eigenvalue weighted by molar-refractivity contribution is 7.80. The lowest BCUT2D eigenvalue weighted by Crippen LogP contribution is -2.28. The number of phenolic OH excluding ortho intramolecular Hbond substituents is 1. The first-order chi connectivity index (χ1) is 10.3. The zero-order chi connectivity index (χ0) is 16.2. The maximum Gasteiger partial charge on any atom is 0.416 e. The monoisotopic (exact) mass is 326 g/mol. The van der Waals surface area contributed by atoms with Crippen LogP contribution in [0.4, 0.5) is 18.9 Å². The largest absolute Gasteiger partial charge is 0.508 e. The summed E-state index contributed by atoms with van der Waals surface area (Å²) in [6.45, 7) is 0.346. The molecule has 0 atom stereocenters. The van der Waals surface area contributed by atoms with Crippen LogP contribution in [0, 0.1) is 0 Å². The number of thiocarbonyl (C=S) groups is 1. The van der Waals surface area contributed by atoms with Crippen molar-refractivity contribution in [3.63, 3.8) is 0 Å². The number of rotatable bonds is 3. The van der Waals surface area contributed by atoms with Crippen LogP contribution in [0.15, 0.2) is 48.5 Å². The molecule has 0 aliphatic heterocycles. The average Bonchev–Trinajstić information content (AvgIpc) is 2.45. The molecule has 0 saturated carbocycles. The van der Waals surface area contributed by atoms with E-state index in [-0.39, 0.29) is 16.5 Å². The molecule has 0 unspecified atom stereocenters. The maximum absolute atomic E-state index is 12.6. The van der Waals surface area contributed by atoms with Crippen molar-refractivity contribution in [1.82, 2.24) is 5.32 Å². The van der Waals surface area contributed by atoms with Gasteiger partial charge in [-0.15, -0.1) is 0 Å².